The maximum atomic E-state index is 11.1. The third kappa shape index (κ3) is 1.49. The molecule has 0 saturated heterocycles. The second-order valence-electron chi connectivity index (χ2n) is 4.00. The highest BCUT2D eigenvalue weighted by Crippen LogP contribution is 2.29. The lowest BCUT2D eigenvalue weighted by molar-refractivity contribution is 0.564. The van der Waals surface area contributed by atoms with E-state index in [2.05, 4.69) is 4.57 Å². The van der Waals surface area contributed by atoms with Crippen molar-refractivity contribution in [1.82, 2.24) is 4.57 Å². The SMILES string of the molecule is Cn1c2ccccc2c2cc(S(=O)O)ccc21. The quantitative estimate of drug-likeness (QED) is 0.670. The minimum atomic E-state index is -1.93. The van der Waals surface area contributed by atoms with Crippen LogP contribution in [0.15, 0.2) is 47.4 Å². The van der Waals surface area contributed by atoms with E-state index in [4.69, 9.17) is 4.55 Å². The van der Waals surface area contributed by atoms with E-state index in [9.17, 15) is 4.21 Å². The molecule has 1 aromatic heterocycles. The molecule has 1 unspecified atom stereocenters. The van der Waals surface area contributed by atoms with Gasteiger partial charge in [-0.15, -0.1) is 0 Å². The van der Waals surface area contributed by atoms with Crippen LogP contribution in [0.25, 0.3) is 21.8 Å². The zero-order valence-electron chi connectivity index (χ0n) is 9.25. The standard InChI is InChI=1S/C13H11NO2S/c1-14-12-5-3-2-4-10(12)11-8-9(17(15)16)6-7-13(11)14/h2-8H,1H3,(H,15,16). The van der Waals surface area contributed by atoms with Crippen LogP contribution in [0, 0.1) is 0 Å². The highest BCUT2D eigenvalue weighted by molar-refractivity contribution is 7.79. The number of fused-ring (bicyclic) bond motifs is 3. The number of nitrogens with zero attached hydrogens (tertiary/aromatic N) is 1. The number of aromatic nitrogens is 1. The Kier molecular flexibility index (Phi) is 2.28. The molecule has 0 amide bonds. The van der Waals surface area contributed by atoms with Crippen molar-refractivity contribution < 1.29 is 8.76 Å². The molecule has 17 heavy (non-hydrogen) atoms. The lowest BCUT2D eigenvalue weighted by Crippen LogP contribution is -1.89. The van der Waals surface area contributed by atoms with Crippen molar-refractivity contribution in [3.05, 3.63) is 42.5 Å². The van der Waals surface area contributed by atoms with E-state index in [1.165, 1.54) is 0 Å². The van der Waals surface area contributed by atoms with Crippen LogP contribution in [0.2, 0.25) is 0 Å². The molecule has 0 bridgehead atoms. The monoisotopic (exact) mass is 245 g/mol. The Hall–Kier alpha value is -1.65. The summed E-state index contributed by atoms with van der Waals surface area (Å²) in [6.07, 6.45) is 0. The molecule has 0 aliphatic rings. The number of benzene rings is 2. The maximum absolute atomic E-state index is 11.1. The van der Waals surface area contributed by atoms with Gasteiger partial charge in [0.05, 0.1) is 4.90 Å². The fourth-order valence-corrected chi connectivity index (χ4v) is 2.66. The van der Waals surface area contributed by atoms with Crippen LogP contribution in [0.3, 0.4) is 0 Å². The third-order valence-corrected chi connectivity index (χ3v) is 3.74. The summed E-state index contributed by atoms with van der Waals surface area (Å²) >= 11 is -1.93. The number of hydrogen-bond acceptors (Lipinski definition) is 1. The van der Waals surface area contributed by atoms with E-state index in [1.807, 2.05) is 37.4 Å². The molecule has 3 nitrogen and oxygen atoms in total. The molecular weight excluding hydrogens is 234 g/mol. The molecule has 4 heteroatoms. The van der Waals surface area contributed by atoms with E-state index < -0.39 is 11.1 Å². The van der Waals surface area contributed by atoms with E-state index in [1.54, 1.807) is 12.1 Å². The van der Waals surface area contributed by atoms with Gasteiger partial charge in [-0.25, -0.2) is 4.21 Å². The van der Waals surface area contributed by atoms with Crippen molar-refractivity contribution in [2.75, 3.05) is 0 Å². The smallest absolute Gasteiger partial charge is 0.186 e. The molecule has 0 aliphatic heterocycles. The number of para-hydroxylation sites is 1. The Morgan fingerprint density at radius 1 is 1.06 bits per heavy atom. The molecule has 1 atom stereocenters. The van der Waals surface area contributed by atoms with Crippen molar-refractivity contribution >= 4 is 32.9 Å². The van der Waals surface area contributed by atoms with Gasteiger partial charge in [-0.1, -0.05) is 18.2 Å². The molecule has 1 heterocycles. The molecule has 0 spiro atoms. The summed E-state index contributed by atoms with van der Waals surface area (Å²) in [5.74, 6) is 0. The van der Waals surface area contributed by atoms with E-state index in [0.29, 0.717) is 4.90 Å². The van der Waals surface area contributed by atoms with Gasteiger partial charge < -0.3 is 9.12 Å². The van der Waals surface area contributed by atoms with Gasteiger partial charge in [0.25, 0.3) is 0 Å². The van der Waals surface area contributed by atoms with E-state index in [0.717, 1.165) is 21.8 Å². The Bertz CT molecular complexity index is 746. The van der Waals surface area contributed by atoms with Crippen LogP contribution in [-0.2, 0) is 18.1 Å². The largest absolute Gasteiger partial charge is 0.344 e. The number of hydrogen-bond donors (Lipinski definition) is 1. The second kappa shape index (κ2) is 3.68. The van der Waals surface area contributed by atoms with Gasteiger partial charge in [0.2, 0.25) is 0 Å². The van der Waals surface area contributed by atoms with Crippen LogP contribution in [0.5, 0.6) is 0 Å². The first-order valence-corrected chi connectivity index (χ1v) is 6.37. The predicted molar refractivity (Wildman–Crippen MR) is 69.5 cm³/mol. The predicted octanol–water partition coefficient (Wildman–Crippen LogP) is 2.91. The van der Waals surface area contributed by atoms with Crippen LogP contribution in [0.4, 0.5) is 0 Å². The van der Waals surface area contributed by atoms with Crippen LogP contribution in [0.1, 0.15) is 0 Å². The average Bonchev–Trinajstić information content (AvgIpc) is 2.64. The Morgan fingerprint density at radius 2 is 1.76 bits per heavy atom. The molecule has 3 aromatic rings. The van der Waals surface area contributed by atoms with Gasteiger partial charge in [-0.05, 0) is 24.3 Å². The molecule has 2 aromatic carbocycles. The van der Waals surface area contributed by atoms with Gasteiger partial charge in [0, 0.05) is 28.9 Å². The van der Waals surface area contributed by atoms with Crippen molar-refractivity contribution in [3.63, 3.8) is 0 Å². The molecule has 0 fully saturated rings. The summed E-state index contributed by atoms with van der Waals surface area (Å²) in [6.45, 7) is 0. The van der Waals surface area contributed by atoms with Crippen LogP contribution >= 0.6 is 0 Å². The second-order valence-corrected chi connectivity index (χ2v) is 4.97. The summed E-state index contributed by atoms with van der Waals surface area (Å²) in [4.78, 5) is 0.439. The molecule has 86 valence electrons. The summed E-state index contributed by atoms with van der Waals surface area (Å²) < 4.78 is 22.3. The average molecular weight is 245 g/mol. The molecule has 0 radical (unpaired) electrons. The maximum Gasteiger partial charge on any atom is 0.186 e. The summed E-state index contributed by atoms with van der Waals surface area (Å²) in [5, 5.41) is 2.13. The first-order chi connectivity index (χ1) is 8.18. The lowest BCUT2D eigenvalue weighted by Gasteiger charge is -1.98. The topological polar surface area (TPSA) is 42.2 Å². The molecule has 0 saturated carbocycles. The lowest BCUT2D eigenvalue weighted by atomic mass is 10.1. The fraction of sp³-hybridized carbons (Fsp3) is 0.0769. The van der Waals surface area contributed by atoms with E-state index in [-0.39, 0.29) is 0 Å². The van der Waals surface area contributed by atoms with Gasteiger partial charge in [0.15, 0.2) is 11.1 Å². The molecular formula is C13H11NO2S. The van der Waals surface area contributed by atoms with Crippen molar-refractivity contribution in [1.29, 1.82) is 0 Å². The zero-order chi connectivity index (χ0) is 12.0. The Labute approximate surface area is 101 Å². The highest BCUT2D eigenvalue weighted by atomic mass is 32.2. The third-order valence-electron chi connectivity index (χ3n) is 3.09. The first kappa shape index (κ1) is 10.5. The van der Waals surface area contributed by atoms with Crippen molar-refractivity contribution in [3.8, 4) is 0 Å². The summed E-state index contributed by atoms with van der Waals surface area (Å²) in [5.41, 5.74) is 2.20. The summed E-state index contributed by atoms with van der Waals surface area (Å²) in [7, 11) is 2.00. The molecule has 0 aliphatic carbocycles. The fourth-order valence-electron chi connectivity index (χ4n) is 2.26. The minimum absolute atomic E-state index is 0.439. The van der Waals surface area contributed by atoms with Gasteiger partial charge >= 0.3 is 0 Å². The zero-order valence-corrected chi connectivity index (χ0v) is 10.1. The molecule has 3 rings (SSSR count). The van der Waals surface area contributed by atoms with Gasteiger partial charge in [-0.3, -0.25) is 0 Å². The van der Waals surface area contributed by atoms with Crippen LogP contribution < -0.4 is 0 Å². The number of rotatable bonds is 1. The Balaban J connectivity index is 2.50. The normalized spacial score (nSPS) is 13.3. The van der Waals surface area contributed by atoms with Crippen LogP contribution in [-0.4, -0.2) is 13.3 Å². The summed E-state index contributed by atoms with van der Waals surface area (Å²) in [6, 6.07) is 13.4. The highest BCUT2D eigenvalue weighted by Gasteiger charge is 2.09. The van der Waals surface area contributed by atoms with Gasteiger partial charge in [0.1, 0.15) is 0 Å². The molecule has 1 N–H and O–H groups in total. The Morgan fingerprint density at radius 3 is 2.53 bits per heavy atom. The first-order valence-electron chi connectivity index (χ1n) is 5.26. The number of aryl methyl sites for hydroxylation is 1. The van der Waals surface area contributed by atoms with Crippen molar-refractivity contribution in [2.45, 2.75) is 4.90 Å². The van der Waals surface area contributed by atoms with E-state index >= 15 is 0 Å². The van der Waals surface area contributed by atoms with Crippen molar-refractivity contribution in [2.24, 2.45) is 7.05 Å². The minimum Gasteiger partial charge on any atom is -0.344 e. The van der Waals surface area contributed by atoms with Gasteiger partial charge in [-0.2, -0.15) is 0 Å².